The molecule has 2 amide bonds. The van der Waals surface area contributed by atoms with Crippen molar-refractivity contribution in [1.82, 2.24) is 14.7 Å². The minimum Gasteiger partial charge on any atom is -0.467 e. The van der Waals surface area contributed by atoms with Gasteiger partial charge in [-0.1, -0.05) is 30.7 Å². The number of benzene rings is 1. The van der Waals surface area contributed by atoms with Crippen LogP contribution in [0.25, 0.3) is 5.57 Å². The first-order valence-electron chi connectivity index (χ1n) is 9.44. The van der Waals surface area contributed by atoms with Crippen molar-refractivity contribution in [2.75, 3.05) is 32.7 Å². The van der Waals surface area contributed by atoms with Crippen molar-refractivity contribution in [3.63, 3.8) is 0 Å². The van der Waals surface area contributed by atoms with E-state index < -0.39 is 0 Å². The van der Waals surface area contributed by atoms with Crippen LogP contribution in [0.1, 0.15) is 18.2 Å². The predicted octanol–water partition coefficient (Wildman–Crippen LogP) is 2.85. The summed E-state index contributed by atoms with van der Waals surface area (Å²) in [5, 5.41) is 0.590. The lowest BCUT2D eigenvalue weighted by molar-refractivity contribution is -0.138. The first kappa shape index (κ1) is 18.8. The third-order valence-electron chi connectivity index (χ3n) is 5.31. The number of carbonyl (C=O) groups is 2. The molecule has 7 heteroatoms. The SMILES string of the molecule is CCN1CCN(C2=C(c3ccc(Cl)cc3)C(=O)N(Cc3ccco3)C2=O)CC1. The van der Waals surface area contributed by atoms with E-state index in [0.29, 0.717) is 40.7 Å². The molecule has 4 rings (SSSR count). The summed E-state index contributed by atoms with van der Waals surface area (Å²) in [6.45, 7) is 6.40. The Balaban J connectivity index is 1.70. The zero-order valence-corrected chi connectivity index (χ0v) is 16.5. The minimum atomic E-state index is -0.295. The minimum absolute atomic E-state index is 0.125. The summed E-state index contributed by atoms with van der Waals surface area (Å²) in [6.07, 6.45) is 1.54. The Labute approximate surface area is 169 Å². The fraction of sp³-hybridized carbons (Fsp3) is 0.333. The normalized spacial score (nSPS) is 18.5. The van der Waals surface area contributed by atoms with E-state index in [1.165, 1.54) is 4.90 Å². The van der Waals surface area contributed by atoms with Gasteiger partial charge in [-0.2, -0.15) is 0 Å². The van der Waals surface area contributed by atoms with Crippen molar-refractivity contribution in [1.29, 1.82) is 0 Å². The first-order valence-corrected chi connectivity index (χ1v) is 9.82. The van der Waals surface area contributed by atoms with Gasteiger partial charge in [-0.05, 0) is 36.4 Å². The number of hydrogen-bond donors (Lipinski definition) is 0. The Morgan fingerprint density at radius 1 is 1.00 bits per heavy atom. The van der Waals surface area contributed by atoms with Gasteiger partial charge < -0.3 is 14.2 Å². The number of halogens is 1. The van der Waals surface area contributed by atoms with E-state index in [2.05, 4.69) is 11.8 Å². The van der Waals surface area contributed by atoms with Crippen LogP contribution in [0.5, 0.6) is 0 Å². The van der Waals surface area contributed by atoms with Gasteiger partial charge in [0.15, 0.2) is 0 Å². The van der Waals surface area contributed by atoms with Gasteiger partial charge in [0, 0.05) is 31.2 Å². The topological polar surface area (TPSA) is 57.0 Å². The lowest BCUT2D eigenvalue weighted by atomic mass is 10.0. The van der Waals surface area contributed by atoms with Gasteiger partial charge in [-0.25, -0.2) is 0 Å². The number of furan rings is 1. The highest BCUT2D eigenvalue weighted by Crippen LogP contribution is 2.33. The summed E-state index contributed by atoms with van der Waals surface area (Å²) >= 11 is 6.02. The van der Waals surface area contributed by atoms with Crippen molar-refractivity contribution in [2.45, 2.75) is 13.5 Å². The maximum Gasteiger partial charge on any atom is 0.278 e. The molecule has 28 heavy (non-hydrogen) atoms. The molecule has 0 spiro atoms. The van der Waals surface area contributed by atoms with E-state index in [9.17, 15) is 9.59 Å². The van der Waals surface area contributed by atoms with E-state index in [1.807, 2.05) is 4.90 Å². The molecule has 0 saturated carbocycles. The third kappa shape index (κ3) is 3.45. The summed E-state index contributed by atoms with van der Waals surface area (Å²) in [7, 11) is 0. The molecule has 1 saturated heterocycles. The van der Waals surface area contributed by atoms with Crippen LogP contribution in [0.15, 0.2) is 52.8 Å². The molecule has 0 atom stereocenters. The van der Waals surface area contributed by atoms with Gasteiger partial charge >= 0.3 is 0 Å². The summed E-state index contributed by atoms with van der Waals surface area (Å²) < 4.78 is 5.36. The number of carbonyl (C=O) groups excluding carboxylic acids is 2. The van der Waals surface area contributed by atoms with E-state index in [-0.39, 0.29) is 18.4 Å². The molecule has 0 N–H and O–H groups in total. The molecule has 0 bridgehead atoms. The zero-order valence-electron chi connectivity index (χ0n) is 15.7. The monoisotopic (exact) mass is 399 g/mol. The second-order valence-corrected chi connectivity index (χ2v) is 7.36. The van der Waals surface area contributed by atoms with E-state index in [4.69, 9.17) is 16.0 Å². The average Bonchev–Trinajstić information content (AvgIpc) is 3.31. The number of amides is 2. The molecular weight excluding hydrogens is 378 g/mol. The molecule has 1 aromatic carbocycles. The van der Waals surface area contributed by atoms with Crippen LogP contribution in [0.4, 0.5) is 0 Å². The maximum absolute atomic E-state index is 13.3. The highest BCUT2D eigenvalue weighted by molar-refractivity contribution is 6.35. The Kier molecular flexibility index (Phi) is 5.24. The van der Waals surface area contributed by atoms with Gasteiger partial charge in [0.05, 0.1) is 18.4 Å². The first-order chi connectivity index (χ1) is 13.6. The average molecular weight is 400 g/mol. The summed E-state index contributed by atoms with van der Waals surface area (Å²) in [5.41, 5.74) is 1.63. The summed E-state index contributed by atoms with van der Waals surface area (Å²) in [4.78, 5) is 32.1. The second kappa shape index (κ2) is 7.81. The molecule has 2 aromatic rings. The molecule has 1 aromatic heterocycles. The van der Waals surface area contributed by atoms with Crippen LogP contribution in [0.2, 0.25) is 5.02 Å². The van der Waals surface area contributed by atoms with Gasteiger partial charge in [-0.3, -0.25) is 14.5 Å². The zero-order chi connectivity index (χ0) is 19.7. The summed E-state index contributed by atoms with van der Waals surface area (Å²) in [6, 6.07) is 10.6. The van der Waals surface area contributed by atoms with Gasteiger partial charge in [-0.15, -0.1) is 0 Å². The van der Waals surface area contributed by atoms with Gasteiger partial charge in [0.25, 0.3) is 11.8 Å². The van der Waals surface area contributed by atoms with E-state index in [0.717, 1.165) is 19.6 Å². The van der Waals surface area contributed by atoms with Gasteiger partial charge in [0.1, 0.15) is 11.5 Å². The Morgan fingerprint density at radius 2 is 1.71 bits per heavy atom. The van der Waals surface area contributed by atoms with Crippen LogP contribution >= 0.6 is 11.6 Å². The third-order valence-corrected chi connectivity index (χ3v) is 5.56. The lowest BCUT2D eigenvalue weighted by Gasteiger charge is -2.35. The van der Waals surface area contributed by atoms with E-state index >= 15 is 0 Å². The number of rotatable bonds is 5. The fourth-order valence-corrected chi connectivity index (χ4v) is 3.85. The Hall–Kier alpha value is -2.57. The predicted molar refractivity (Wildman–Crippen MR) is 106 cm³/mol. The number of nitrogens with zero attached hydrogens (tertiary/aromatic N) is 3. The van der Waals surface area contributed by atoms with Crippen molar-refractivity contribution < 1.29 is 14.0 Å². The van der Waals surface area contributed by atoms with Crippen molar-refractivity contribution >= 4 is 29.0 Å². The van der Waals surface area contributed by atoms with E-state index in [1.54, 1.807) is 42.7 Å². The van der Waals surface area contributed by atoms with Crippen molar-refractivity contribution in [3.8, 4) is 0 Å². The van der Waals surface area contributed by atoms with Crippen LogP contribution in [0.3, 0.4) is 0 Å². The smallest absolute Gasteiger partial charge is 0.278 e. The van der Waals surface area contributed by atoms with Crippen LogP contribution in [-0.4, -0.2) is 59.2 Å². The lowest BCUT2D eigenvalue weighted by Crippen LogP contribution is -2.47. The Bertz CT molecular complexity index is 897. The molecule has 2 aliphatic heterocycles. The van der Waals surface area contributed by atoms with Crippen LogP contribution in [-0.2, 0) is 16.1 Å². The molecule has 0 radical (unpaired) electrons. The van der Waals surface area contributed by atoms with Gasteiger partial charge in [0.2, 0.25) is 0 Å². The maximum atomic E-state index is 13.3. The fourth-order valence-electron chi connectivity index (χ4n) is 3.72. The summed E-state index contributed by atoms with van der Waals surface area (Å²) in [5.74, 6) is 0.0159. The highest BCUT2D eigenvalue weighted by Gasteiger charge is 2.42. The highest BCUT2D eigenvalue weighted by atomic mass is 35.5. The largest absolute Gasteiger partial charge is 0.467 e. The second-order valence-electron chi connectivity index (χ2n) is 6.93. The van der Waals surface area contributed by atoms with Crippen LogP contribution in [0, 0.1) is 0 Å². The molecular formula is C21H22ClN3O3. The number of likely N-dealkylation sites (N-methyl/N-ethyl adjacent to an activating group) is 1. The number of imide groups is 1. The molecule has 3 heterocycles. The molecule has 6 nitrogen and oxygen atoms in total. The molecule has 146 valence electrons. The van der Waals surface area contributed by atoms with Crippen LogP contribution < -0.4 is 0 Å². The molecule has 1 fully saturated rings. The number of piperazine rings is 1. The molecule has 0 unspecified atom stereocenters. The van der Waals surface area contributed by atoms with Crippen molar-refractivity contribution in [2.24, 2.45) is 0 Å². The number of hydrogen-bond acceptors (Lipinski definition) is 5. The molecule has 0 aliphatic carbocycles. The van der Waals surface area contributed by atoms with Crippen molar-refractivity contribution in [3.05, 3.63) is 64.7 Å². The molecule has 2 aliphatic rings. The standard InChI is InChI=1S/C21H22ClN3O3/c1-2-23-9-11-24(12-10-23)19-18(15-5-7-16(22)8-6-15)20(26)25(21(19)27)14-17-4-3-13-28-17/h3-8,13H,2,9-12,14H2,1H3. The quantitative estimate of drug-likeness (QED) is 0.723. The Morgan fingerprint density at radius 3 is 2.32 bits per heavy atom.